The Morgan fingerprint density at radius 3 is 2.67 bits per heavy atom. The largest absolute Gasteiger partial charge is 0.316 e. The first-order chi connectivity index (χ1) is 10.0. The van der Waals surface area contributed by atoms with Crippen molar-refractivity contribution in [1.29, 1.82) is 0 Å². The summed E-state index contributed by atoms with van der Waals surface area (Å²) in [6.45, 7) is 7.57. The van der Waals surface area contributed by atoms with Gasteiger partial charge in [0.15, 0.2) is 0 Å². The number of hydrogen-bond donors (Lipinski definition) is 2. The molecule has 2 N–H and O–H groups in total. The van der Waals surface area contributed by atoms with E-state index in [2.05, 4.69) is 23.9 Å². The minimum atomic E-state index is -3.31. The van der Waals surface area contributed by atoms with Gasteiger partial charge in [0.1, 0.15) is 0 Å². The summed E-state index contributed by atoms with van der Waals surface area (Å²) >= 11 is 0. The highest BCUT2D eigenvalue weighted by molar-refractivity contribution is 7.87. The van der Waals surface area contributed by atoms with E-state index in [1.165, 1.54) is 0 Å². The van der Waals surface area contributed by atoms with Gasteiger partial charge in [-0.2, -0.15) is 17.4 Å². The second-order valence-corrected chi connectivity index (χ2v) is 8.41. The van der Waals surface area contributed by atoms with E-state index in [4.69, 9.17) is 0 Å². The molecule has 1 saturated carbocycles. The summed E-state index contributed by atoms with van der Waals surface area (Å²) in [7, 11) is -3.31. The number of piperidine rings is 1. The topological polar surface area (TPSA) is 61.4 Å². The fraction of sp³-hybridized carbons (Fsp3) is 1.00. The first-order valence-corrected chi connectivity index (χ1v) is 9.95. The Morgan fingerprint density at radius 1 is 1.19 bits per heavy atom. The molecular weight excluding hydrogens is 286 g/mol. The predicted molar refractivity (Wildman–Crippen MR) is 86.3 cm³/mol. The van der Waals surface area contributed by atoms with Crippen LogP contribution in [0.3, 0.4) is 0 Å². The summed E-state index contributed by atoms with van der Waals surface area (Å²) in [5.74, 6) is 0.912. The van der Waals surface area contributed by atoms with Crippen LogP contribution in [0.15, 0.2) is 0 Å². The van der Waals surface area contributed by atoms with Gasteiger partial charge in [-0.3, -0.25) is 0 Å². The molecule has 2 aliphatic rings. The van der Waals surface area contributed by atoms with E-state index < -0.39 is 10.2 Å². The van der Waals surface area contributed by atoms with Crippen LogP contribution in [-0.2, 0) is 10.2 Å². The van der Waals surface area contributed by atoms with Gasteiger partial charge < -0.3 is 5.32 Å². The van der Waals surface area contributed by atoms with Crippen LogP contribution in [-0.4, -0.2) is 44.9 Å². The molecule has 3 unspecified atom stereocenters. The molecule has 6 heteroatoms. The van der Waals surface area contributed by atoms with Crippen molar-refractivity contribution in [3.8, 4) is 0 Å². The maximum Gasteiger partial charge on any atom is 0.279 e. The van der Waals surface area contributed by atoms with Gasteiger partial charge in [-0.1, -0.05) is 20.3 Å². The van der Waals surface area contributed by atoms with Gasteiger partial charge in [-0.15, -0.1) is 0 Å². The van der Waals surface area contributed by atoms with Crippen LogP contribution < -0.4 is 10.0 Å². The maximum atomic E-state index is 12.6. The molecule has 1 aliphatic carbocycles. The molecule has 0 aromatic rings. The van der Waals surface area contributed by atoms with Gasteiger partial charge in [0, 0.05) is 19.1 Å². The third-order valence-electron chi connectivity index (χ3n) is 4.84. The summed E-state index contributed by atoms with van der Waals surface area (Å²) in [5, 5.41) is 3.42. The highest BCUT2D eigenvalue weighted by atomic mass is 32.2. The lowest BCUT2D eigenvalue weighted by Gasteiger charge is -2.33. The Balaban J connectivity index is 1.86. The summed E-state index contributed by atoms with van der Waals surface area (Å²) < 4.78 is 29.7. The second kappa shape index (κ2) is 7.90. The molecule has 5 nitrogen and oxygen atoms in total. The van der Waals surface area contributed by atoms with E-state index in [-0.39, 0.29) is 6.04 Å². The van der Waals surface area contributed by atoms with Crippen LogP contribution in [0.2, 0.25) is 0 Å². The zero-order valence-corrected chi connectivity index (χ0v) is 14.3. The summed E-state index contributed by atoms with van der Waals surface area (Å²) in [6, 6.07) is 0.133. The normalized spacial score (nSPS) is 31.6. The Labute approximate surface area is 130 Å². The van der Waals surface area contributed by atoms with Crippen LogP contribution >= 0.6 is 0 Å². The van der Waals surface area contributed by atoms with E-state index >= 15 is 0 Å². The van der Waals surface area contributed by atoms with Crippen molar-refractivity contribution >= 4 is 10.2 Å². The standard InChI is InChI=1S/C15H31N3O2S/c1-3-9-16-11-14-7-5-10-18(12-14)21(19,20)17-15-8-4-6-13(15)2/h13-17H,3-12H2,1-2H3. The van der Waals surface area contributed by atoms with Gasteiger partial charge >= 0.3 is 0 Å². The molecular formula is C15H31N3O2S. The Bertz CT molecular complexity index is 413. The van der Waals surface area contributed by atoms with Crippen molar-refractivity contribution in [3.63, 3.8) is 0 Å². The number of nitrogens with one attached hydrogen (secondary N) is 2. The molecule has 1 saturated heterocycles. The third kappa shape index (κ3) is 4.91. The van der Waals surface area contributed by atoms with E-state index in [0.717, 1.165) is 51.6 Å². The molecule has 1 heterocycles. The molecule has 0 bridgehead atoms. The zero-order chi connectivity index (χ0) is 15.3. The first-order valence-electron chi connectivity index (χ1n) is 8.51. The number of rotatable bonds is 7. The fourth-order valence-electron chi connectivity index (χ4n) is 3.48. The molecule has 0 amide bonds. The maximum absolute atomic E-state index is 12.6. The summed E-state index contributed by atoms with van der Waals surface area (Å²) in [5.41, 5.74) is 0. The van der Waals surface area contributed by atoms with E-state index in [1.807, 2.05) is 0 Å². The lowest BCUT2D eigenvalue weighted by Crippen LogP contribution is -2.50. The Hall–Kier alpha value is -0.170. The SMILES string of the molecule is CCCNCC1CCCN(S(=O)(=O)NC2CCCC2C)C1. The van der Waals surface area contributed by atoms with E-state index in [9.17, 15) is 8.42 Å². The van der Waals surface area contributed by atoms with Crippen molar-refractivity contribution in [2.45, 2.75) is 58.4 Å². The molecule has 0 aromatic heterocycles. The predicted octanol–water partition coefficient (Wildman–Crippen LogP) is 1.72. The molecule has 0 spiro atoms. The first kappa shape index (κ1) is 17.2. The monoisotopic (exact) mass is 317 g/mol. The quantitative estimate of drug-likeness (QED) is 0.703. The van der Waals surface area contributed by atoms with Crippen molar-refractivity contribution < 1.29 is 8.42 Å². The number of nitrogens with zero attached hydrogens (tertiary/aromatic N) is 1. The van der Waals surface area contributed by atoms with Gasteiger partial charge in [0.05, 0.1) is 0 Å². The molecule has 0 aromatic carbocycles. The van der Waals surface area contributed by atoms with Crippen LogP contribution in [0, 0.1) is 11.8 Å². The van der Waals surface area contributed by atoms with Gasteiger partial charge in [-0.25, -0.2) is 0 Å². The van der Waals surface area contributed by atoms with E-state index in [0.29, 0.717) is 24.9 Å². The van der Waals surface area contributed by atoms with Crippen molar-refractivity contribution in [2.24, 2.45) is 11.8 Å². The second-order valence-electron chi connectivity index (χ2n) is 6.71. The van der Waals surface area contributed by atoms with Crippen LogP contribution in [0.1, 0.15) is 52.4 Å². The van der Waals surface area contributed by atoms with Gasteiger partial charge in [0.25, 0.3) is 10.2 Å². The summed E-state index contributed by atoms with van der Waals surface area (Å²) in [4.78, 5) is 0. The van der Waals surface area contributed by atoms with Crippen LogP contribution in [0.4, 0.5) is 0 Å². The molecule has 21 heavy (non-hydrogen) atoms. The molecule has 3 atom stereocenters. The lowest BCUT2D eigenvalue weighted by atomic mass is 10.00. The molecule has 0 radical (unpaired) electrons. The van der Waals surface area contributed by atoms with Crippen molar-refractivity contribution in [2.75, 3.05) is 26.2 Å². The van der Waals surface area contributed by atoms with Crippen LogP contribution in [0.25, 0.3) is 0 Å². The third-order valence-corrected chi connectivity index (χ3v) is 6.46. The Morgan fingerprint density at radius 2 is 2.00 bits per heavy atom. The number of hydrogen-bond acceptors (Lipinski definition) is 3. The van der Waals surface area contributed by atoms with Gasteiger partial charge in [0.2, 0.25) is 0 Å². The highest BCUT2D eigenvalue weighted by Gasteiger charge is 2.33. The molecule has 1 aliphatic heterocycles. The lowest BCUT2D eigenvalue weighted by molar-refractivity contribution is 0.255. The Kier molecular flexibility index (Phi) is 6.47. The zero-order valence-electron chi connectivity index (χ0n) is 13.5. The minimum absolute atomic E-state index is 0.133. The average Bonchev–Trinajstić information content (AvgIpc) is 2.84. The highest BCUT2D eigenvalue weighted by Crippen LogP contribution is 2.26. The molecule has 124 valence electrons. The van der Waals surface area contributed by atoms with Crippen molar-refractivity contribution in [1.82, 2.24) is 14.3 Å². The van der Waals surface area contributed by atoms with Crippen LogP contribution in [0.5, 0.6) is 0 Å². The van der Waals surface area contributed by atoms with Crippen molar-refractivity contribution in [3.05, 3.63) is 0 Å². The fourth-order valence-corrected chi connectivity index (χ4v) is 5.14. The average molecular weight is 317 g/mol. The molecule has 2 rings (SSSR count). The molecule has 2 fully saturated rings. The minimum Gasteiger partial charge on any atom is -0.316 e. The van der Waals surface area contributed by atoms with Gasteiger partial charge in [-0.05, 0) is 57.0 Å². The smallest absolute Gasteiger partial charge is 0.279 e. The summed E-state index contributed by atoms with van der Waals surface area (Å²) in [6.07, 6.45) is 6.47. The van der Waals surface area contributed by atoms with E-state index in [1.54, 1.807) is 4.31 Å².